The first-order chi connectivity index (χ1) is 4.68. The number of carbonyl (C=O) groups is 2. The van der Waals surface area contributed by atoms with Crippen molar-refractivity contribution in [2.45, 2.75) is 12.5 Å². The fourth-order valence-electron chi connectivity index (χ4n) is 0.367. The lowest BCUT2D eigenvalue weighted by atomic mass is 10.2. The Morgan fingerprint density at radius 2 is 2.40 bits per heavy atom. The second-order valence-corrected chi connectivity index (χ2v) is 1.70. The summed E-state index contributed by atoms with van der Waals surface area (Å²) in [4.78, 5) is 19.6. The van der Waals surface area contributed by atoms with Gasteiger partial charge in [0.25, 0.3) is 6.47 Å². The maximum absolute atomic E-state index is 10.0. The van der Waals surface area contributed by atoms with Crippen molar-refractivity contribution in [3.63, 3.8) is 0 Å². The Kier molecular flexibility index (Phi) is 4.23. The zero-order chi connectivity index (χ0) is 7.98. The van der Waals surface area contributed by atoms with Crippen molar-refractivity contribution in [3.8, 4) is 0 Å². The summed E-state index contributed by atoms with van der Waals surface area (Å²) in [7, 11) is 0. The highest BCUT2D eigenvalue weighted by molar-refractivity contribution is 5.72. The number of nitrogens with two attached hydrogens (primary N) is 1. The number of carbonyl (C=O) groups excluding carboxylic acids is 1. The van der Waals surface area contributed by atoms with Gasteiger partial charge in [-0.05, 0) is 0 Å². The van der Waals surface area contributed by atoms with Crippen molar-refractivity contribution in [2.75, 3.05) is 6.61 Å². The van der Waals surface area contributed by atoms with E-state index in [1.54, 1.807) is 0 Å². The standard InChI is InChI=1S/C5H9NO4/c6-4(5(8)9)1-2-10-3-7/h3-4H,1-2,6H2,(H,8,9)/t4-/m0/s1. The summed E-state index contributed by atoms with van der Waals surface area (Å²) < 4.78 is 4.23. The Morgan fingerprint density at radius 1 is 1.80 bits per heavy atom. The van der Waals surface area contributed by atoms with Gasteiger partial charge in [0.1, 0.15) is 6.04 Å². The van der Waals surface area contributed by atoms with Crippen LogP contribution in [0.5, 0.6) is 0 Å². The molecular formula is C5H9NO4. The summed E-state index contributed by atoms with van der Waals surface area (Å²) in [5.41, 5.74) is 5.06. The highest BCUT2D eigenvalue weighted by Crippen LogP contribution is 1.87. The molecule has 0 rings (SSSR count). The molecule has 0 saturated heterocycles. The molecule has 0 unspecified atom stereocenters. The van der Waals surface area contributed by atoms with E-state index in [9.17, 15) is 9.59 Å². The van der Waals surface area contributed by atoms with Crippen LogP contribution in [0.2, 0.25) is 0 Å². The van der Waals surface area contributed by atoms with E-state index in [-0.39, 0.29) is 19.5 Å². The second kappa shape index (κ2) is 4.75. The topological polar surface area (TPSA) is 89.6 Å². The lowest BCUT2D eigenvalue weighted by Crippen LogP contribution is -2.31. The van der Waals surface area contributed by atoms with E-state index in [4.69, 9.17) is 10.8 Å². The normalized spacial score (nSPS) is 12.1. The van der Waals surface area contributed by atoms with Gasteiger partial charge in [-0.25, -0.2) is 0 Å². The van der Waals surface area contributed by atoms with E-state index in [2.05, 4.69) is 4.74 Å². The molecule has 10 heavy (non-hydrogen) atoms. The molecule has 0 aromatic carbocycles. The Labute approximate surface area is 57.8 Å². The van der Waals surface area contributed by atoms with Crippen molar-refractivity contribution in [1.29, 1.82) is 0 Å². The smallest absolute Gasteiger partial charge is 0.320 e. The summed E-state index contributed by atoms with van der Waals surface area (Å²) in [5.74, 6) is -1.09. The van der Waals surface area contributed by atoms with Crippen LogP contribution in [0.25, 0.3) is 0 Å². The maximum Gasteiger partial charge on any atom is 0.320 e. The van der Waals surface area contributed by atoms with Crippen LogP contribution in [0.4, 0.5) is 0 Å². The average Bonchev–Trinajstić information content (AvgIpc) is 1.88. The molecule has 0 radical (unpaired) electrons. The molecule has 58 valence electrons. The van der Waals surface area contributed by atoms with Crippen LogP contribution in [0, 0.1) is 0 Å². The molecule has 3 N–H and O–H groups in total. The molecule has 0 aliphatic carbocycles. The first-order valence-electron chi connectivity index (χ1n) is 2.72. The number of rotatable bonds is 5. The minimum atomic E-state index is -1.09. The number of ether oxygens (including phenoxy) is 1. The molecule has 0 aromatic heterocycles. The molecule has 0 aliphatic heterocycles. The van der Waals surface area contributed by atoms with Crippen molar-refractivity contribution in [3.05, 3.63) is 0 Å². The maximum atomic E-state index is 10.0. The number of aliphatic carboxylic acids is 1. The highest BCUT2D eigenvalue weighted by Gasteiger charge is 2.09. The number of hydrogen-bond acceptors (Lipinski definition) is 4. The van der Waals surface area contributed by atoms with Crippen molar-refractivity contribution in [2.24, 2.45) is 5.73 Å². The van der Waals surface area contributed by atoms with Crippen LogP contribution in [0.3, 0.4) is 0 Å². The van der Waals surface area contributed by atoms with Gasteiger partial charge in [-0.1, -0.05) is 0 Å². The van der Waals surface area contributed by atoms with E-state index in [1.807, 2.05) is 0 Å². The first-order valence-corrected chi connectivity index (χ1v) is 2.72. The molecule has 5 nitrogen and oxygen atoms in total. The third kappa shape index (κ3) is 3.85. The molecule has 5 heteroatoms. The van der Waals surface area contributed by atoms with Gasteiger partial charge < -0.3 is 15.6 Å². The van der Waals surface area contributed by atoms with Gasteiger partial charge in [-0.2, -0.15) is 0 Å². The summed E-state index contributed by atoms with van der Waals surface area (Å²) >= 11 is 0. The highest BCUT2D eigenvalue weighted by atomic mass is 16.5. The van der Waals surface area contributed by atoms with Gasteiger partial charge in [0.05, 0.1) is 6.61 Å². The van der Waals surface area contributed by atoms with Crippen molar-refractivity contribution < 1.29 is 19.4 Å². The van der Waals surface area contributed by atoms with Crippen LogP contribution in [0.15, 0.2) is 0 Å². The van der Waals surface area contributed by atoms with E-state index in [0.717, 1.165) is 0 Å². The Morgan fingerprint density at radius 3 is 2.80 bits per heavy atom. The van der Waals surface area contributed by atoms with Crippen LogP contribution in [-0.2, 0) is 14.3 Å². The van der Waals surface area contributed by atoms with Crippen LogP contribution < -0.4 is 5.73 Å². The lowest BCUT2D eigenvalue weighted by molar-refractivity contribution is -0.140. The van der Waals surface area contributed by atoms with Gasteiger partial charge in [-0.3, -0.25) is 9.59 Å². The van der Waals surface area contributed by atoms with E-state index in [0.29, 0.717) is 0 Å². The fourth-order valence-corrected chi connectivity index (χ4v) is 0.367. The molecule has 0 bridgehead atoms. The Hall–Kier alpha value is -1.10. The van der Waals surface area contributed by atoms with Crippen LogP contribution in [0.1, 0.15) is 6.42 Å². The van der Waals surface area contributed by atoms with Crippen molar-refractivity contribution >= 4 is 12.4 Å². The first kappa shape index (κ1) is 8.90. The predicted octanol–water partition coefficient (Wildman–Crippen LogP) is -1.04. The zero-order valence-corrected chi connectivity index (χ0v) is 5.32. The van der Waals surface area contributed by atoms with Gasteiger partial charge in [0, 0.05) is 6.42 Å². The minimum absolute atomic E-state index is 0.0525. The van der Waals surface area contributed by atoms with Gasteiger partial charge in [0.15, 0.2) is 0 Å². The molecule has 0 spiro atoms. The van der Waals surface area contributed by atoms with E-state index < -0.39 is 12.0 Å². The Bertz CT molecular complexity index is 125. The quantitative estimate of drug-likeness (QED) is 0.383. The summed E-state index contributed by atoms with van der Waals surface area (Å²) in [6.07, 6.45) is 0.147. The minimum Gasteiger partial charge on any atom is -0.480 e. The molecule has 1 atom stereocenters. The number of carboxylic acids is 1. The molecule has 0 saturated carbocycles. The molecule has 0 aromatic rings. The average molecular weight is 147 g/mol. The summed E-state index contributed by atoms with van der Waals surface area (Å²) in [5, 5.41) is 8.21. The third-order valence-electron chi connectivity index (χ3n) is 0.932. The van der Waals surface area contributed by atoms with Gasteiger partial charge in [0.2, 0.25) is 0 Å². The monoisotopic (exact) mass is 147 g/mol. The fraction of sp³-hybridized carbons (Fsp3) is 0.600. The second-order valence-electron chi connectivity index (χ2n) is 1.70. The lowest BCUT2D eigenvalue weighted by Gasteiger charge is -2.03. The van der Waals surface area contributed by atoms with Gasteiger partial charge in [-0.15, -0.1) is 0 Å². The zero-order valence-electron chi connectivity index (χ0n) is 5.32. The third-order valence-corrected chi connectivity index (χ3v) is 0.932. The summed E-state index contributed by atoms with van der Waals surface area (Å²) in [6.45, 7) is 0.311. The molecular weight excluding hydrogens is 138 g/mol. The Balaban J connectivity index is 3.30. The van der Waals surface area contributed by atoms with E-state index in [1.165, 1.54) is 0 Å². The predicted molar refractivity (Wildman–Crippen MR) is 32.2 cm³/mol. The summed E-state index contributed by atoms with van der Waals surface area (Å²) in [6, 6.07) is -0.944. The van der Waals surface area contributed by atoms with Crippen molar-refractivity contribution in [1.82, 2.24) is 0 Å². The van der Waals surface area contributed by atoms with Gasteiger partial charge >= 0.3 is 5.97 Å². The molecule has 0 aliphatic rings. The molecule has 0 heterocycles. The van der Waals surface area contributed by atoms with Crippen LogP contribution in [-0.4, -0.2) is 30.2 Å². The number of carboxylic acid groups (broad SMARTS) is 1. The molecule has 0 fully saturated rings. The number of hydrogen-bond donors (Lipinski definition) is 2. The van der Waals surface area contributed by atoms with Crippen LogP contribution >= 0.6 is 0 Å². The largest absolute Gasteiger partial charge is 0.480 e. The SMILES string of the molecule is N[C@@H](CCOC=O)C(=O)O. The van der Waals surface area contributed by atoms with E-state index >= 15 is 0 Å². The molecule has 0 amide bonds.